The summed E-state index contributed by atoms with van der Waals surface area (Å²) < 4.78 is 11.9. The van der Waals surface area contributed by atoms with Crippen molar-refractivity contribution in [3.8, 4) is 5.75 Å². The van der Waals surface area contributed by atoms with E-state index in [1.165, 1.54) is 0 Å². The van der Waals surface area contributed by atoms with Gasteiger partial charge in [-0.3, -0.25) is 4.79 Å². The zero-order valence-electron chi connectivity index (χ0n) is 12.7. The molecule has 0 spiro atoms. The smallest absolute Gasteiger partial charge is 0.260 e. The third-order valence-corrected chi connectivity index (χ3v) is 4.03. The molecule has 0 aliphatic heterocycles. The van der Waals surface area contributed by atoms with Crippen molar-refractivity contribution in [2.75, 3.05) is 13.7 Å². The Kier molecular flexibility index (Phi) is 4.67. The lowest BCUT2D eigenvalue weighted by Crippen LogP contribution is -2.30. The van der Waals surface area contributed by atoms with E-state index in [9.17, 15) is 4.79 Å². The van der Waals surface area contributed by atoms with Gasteiger partial charge in [0.2, 0.25) is 0 Å². The highest BCUT2D eigenvalue weighted by atomic mass is 79.9. The zero-order valence-corrected chi connectivity index (χ0v) is 14.2. The Morgan fingerprint density at radius 2 is 1.96 bits per heavy atom. The molecule has 118 valence electrons. The number of halogens is 1. The number of fused-ring (bicyclic) bond motifs is 1. The molecule has 3 rings (SSSR count). The molecule has 1 heterocycles. The molecule has 0 bridgehead atoms. The summed E-state index contributed by atoms with van der Waals surface area (Å²) in [6.45, 7) is 0.431. The van der Waals surface area contributed by atoms with Crippen molar-refractivity contribution in [2.24, 2.45) is 0 Å². The molecule has 4 nitrogen and oxygen atoms in total. The first-order valence-electron chi connectivity index (χ1n) is 7.20. The molecule has 0 aliphatic carbocycles. The molecule has 2 aromatic carbocycles. The van der Waals surface area contributed by atoms with Crippen LogP contribution in [0.1, 0.15) is 5.76 Å². The third kappa shape index (κ3) is 3.93. The Bertz CT molecular complexity index is 814. The second kappa shape index (κ2) is 6.87. The van der Waals surface area contributed by atoms with Gasteiger partial charge in [-0.2, -0.15) is 0 Å². The minimum absolute atomic E-state index is 0.000751. The number of rotatable bonds is 5. The molecule has 1 amide bonds. The first kappa shape index (κ1) is 15.6. The molecule has 5 heteroatoms. The molecule has 0 N–H and O–H groups in total. The number of benzene rings is 2. The van der Waals surface area contributed by atoms with Crippen LogP contribution in [-0.2, 0) is 11.3 Å². The fourth-order valence-corrected chi connectivity index (χ4v) is 2.64. The molecule has 0 aliphatic rings. The van der Waals surface area contributed by atoms with Gasteiger partial charge in [0.15, 0.2) is 6.61 Å². The number of likely N-dealkylation sites (N-methyl/N-ethyl adjacent to an activating group) is 1. The van der Waals surface area contributed by atoms with Crippen molar-refractivity contribution in [2.45, 2.75) is 6.54 Å². The van der Waals surface area contributed by atoms with Gasteiger partial charge in [0, 0.05) is 11.5 Å². The molecule has 0 radical (unpaired) electrons. The van der Waals surface area contributed by atoms with Crippen LogP contribution in [0.3, 0.4) is 0 Å². The average molecular weight is 374 g/mol. The van der Waals surface area contributed by atoms with E-state index in [2.05, 4.69) is 15.9 Å². The fourth-order valence-electron chi connectivity index (χ4n) is 2.26. The van der Waals surface area contributed by atoms with Crippen LogP contribution in [-0.4, -0.2) is 24.5 Å². The molecule has 23 heavy (non-hydrogen) atoms. The maximum Gasteiger partial charge on any atom is 0.260 e. The van der Waals surface area contributed by atoms with E-state index in [1.54, 1.807) is 24.3 Å². The summed E-state index contributed by atoms with van der Waals surface area (Å²) in [6.07, 6.45) is 1.59. The Balaban J connectivity index is 1.61. The number of hydrogen-bond acceptors (Lipinski definition) is 3. The normalized spacial score (nSPS) is 10.7. The van der Waals surface area contributed by atoms with Gasteiger partial charge in [-0.15, -0.1) is 0 Å². The second-order valence-electron chi connectivity index (χ2n) is 5.27. The maximum absolute atomic E-state index is 12.1. The largest absolute Gasteiger partial charge is 0.484 e. The first-order chi connectivity index (χ1) is 11.1. The molecule has 0 fully saturated rings. The maximum atomic E-state index is 12.1. The van der Waals surface area contributed by atoms with Gasteiger partial charge in [0.25, 0.3) is 5.91 Å². The van der Waals surface area contributed by atoms with E-state index in [4.69, 9.17) is 9.15 Å². The number of hydrogen-bond donors (Lipinski definition) is 0. The van der Waals surface area contributed by atoms with Crippen LogP contribution in [0.5, 0.6) is 5.75 Å². The van der Waals surface area contributed by atoms with Crippen LogP contribution in [0.15, 0.2) is 63.7 Å². The average Bonchev–Trinajstić information content (AvgIpc) is 3.05. The van der Waals surface area contributed by atoms with Crippen molar-refractivity contribution in [1.29, 1.82) is 0 Å². The zero-order chi connectivity index (χ0) is 16.2. The SMILES string of the molecule is CN(Cc1ccco1)C(=O)COc1ccc2cc(Br)ccc2c1. The summed E-state index contributed by atoms with van der Waals surface area (Å²) in [4.78, 5) is 13.7. The van der Waals surface area contributed by atoms with Crippen molar-refractivity contribution >= 4 is 32.6 Å². The standard InChI is InChI=1S/C18H16BrNO3/c1-20(11-17-3-2-8-22-17)18(21)12-23-16-7-5-13-9-15(19)6-4-14(13)10-16/h2-10H,11-12H2,1H3. The first-order valence-corrected chi connectivity index (χ1v) is 7.99. The molecular weight excluding hydrogens is 358 g/mol. The third-order valence-electron chi connectivity index (χ3n) is 3.53. The van der Waals surface area contributed by atoms with Crippen LogP contribution in [0.2, 0.25) is 0 Å². The van der Waals surface area contributed by atoms with E-state index in [-0.39, 0.29) is 12.5 Å². The van der Waals surface area contributed by atoms with Gasteiger partial charge in [0.1, 0.15) is 11.5 Å². The van der Waals surface area contributed by atoms with E-state index in [0.717, 1.165) is 21.0 Å². The minimum atomic E-state index is -0.0997. The summed E-state index contributed by atoms with van der Waals surface area (Å²) in [5.41, 5.74) is 0. The Labute approximate surface area is 142 Å². The minimum Gasteiger partial charge on any atom is -0.484 e. The van der Waals surface area contributed by atoms with Gasteiger partial charge in [0.05, 0.1) is 12.8 Å². The van der Waals surface area contributed by atoms with Crippen LogP contribution < -0.4 is 4.74 Å². The van der Waals surface area contributed by atoms with Gasteiger partial charge in [-0.05, 0) is 47.2 Å². The van der Waals surface area contributed by atoms with E-state index < -0.39 is 0 Å². The molecule has 0 unspecified atom stereocenters. The van der Waals surface area contributed by atoms with E-state index in [0.29, 0.717) is 12.3 Å². The molecule has 1 aromatic heterocycles. The Morgan fingerprint density at radius 3 is 2.74 bits per heavy atom. The summed E-state index contributed by atoms with van der Waals surface area (Å²) >= 11 is 3.45. The fraction of sp³-hybridized carbons (Fsp3) is 0.167. The number of nitrogens with zero attached hydrogens (tertiary/aromatic N) is 1. The molecule has 3 aromatic rings. The van der Waals surface area contributed by atoms with Gasteiger partial charge in [-0.25, -0.2) is 0 Å². The highest BCUT2D eigenvalue weighted by Gasteiger charge is 2.11. The summed E-state index contributed by atoms with van der Waals surface area (Å²) in [5, 5.41) is 2.19. The molecule has 0 saturated carbocycles. The summed E-state index contributed by atoms with van der Waals surface area (Å²) in [7, 11) is 1.73. The number of furan rings is 1. The van der Waals surface area contributed by atoms with Crippen molar-refractivity contribution in [1.82, 2.24) is 4.90 Å². The summed E-state index contributed by atoms with van der Waals surface area (Å²) in [5.74, 6) is 1.33. The summed E-state index contributed by atoms with van der Waals surface area (Å²) in [6, 6.07) is 15.5. The van der Waals surface area contributed by atoms with Crippen molar-refractivity contribution < 1.29 is 13.9 Å². The predicted octanol–water partition coefficient (Wildman–Crippen LogP) is 4.23. The van der Waals surface area contributed by atoms with Crippen molar-refractivity contribution in [3.05, 3.63) is 65.0 Å². The van der Waals surface area contributed by atoms with Crippen molar-refractivity contribution in [3.63, 3.8) is 0 Å². The van der Waals surface area contributed by atoms with Crippen LogP contribution in [0, 0.1) is 0 Å². The lowest BCUT2D eigenvalue weighted by atomic mass is 10.1. The van der Waals surface area contributed by atoms with Gasteiger partial charge < -0.3 is 14.1 Å². The van der Waals surface area contributed by atoms with E-state index in [1.807, 2.05) is 42.5 Å². The lowest BCUT2D eigenvalue weighted by Gasteiger charge is -2.16. The number of carbonyl (C=O) groups excluding carboxylic acids is 1. The Morgan fingerprint density at radius 1 is 1.17 bits per heavy atom. The van der Waals surface area contributed by atoms with Crippen LogP contribution in [0.4, 0.5) is 0 Å². The number of amides is 1. The Hall–Kier alpha value is -2.27. The van der Waals surface area contributed by atoms with E-state index >= 15 is 0 Å². The van der Waals surface area contributed by atoms with Crippen LogP contribution in [0.25, 0.3) is 10.8 Å². The molecular formula is C18H16BrNO3. The monoisotopic (exact) mass is 373 g/mol. The topological polar surface area (TPSA) is 42.7 Å². The highest BCUT2D eigenvalue weighted by molar-refractivity contribution is 9.10. The highest BCUT2D eigenvalue weighted by Crippen LogP contribution is 2.24. The van der Waals surface area contributed by atoms with Crippen LogP contribution >= 0.6 is 15.9 Å². The molecule has 0 saturated heterocycles. The number of ether oxygens (including phenoxy) is 1. The predicted molar refractivity (Wildman–Crippen MR) is 92.3 cm³/mol. The van der Waals surface area contributed by atoms with Gasteiger partial charge >= 0.3 is 0 Å². The number of carbonyl (C=O) groups is 1. The van der Waals surface area contributed by atoms with Gasteiger partial charge in [-0.1, -0.05) is 28.1 Å². The molecule has 0 atom stereocenters. The quantitative estimate of drug-likeness (QED) is 0.671. The lowest BCUT2D eigenvalue weighted by molar-refractivity contribution is -0.132. The second-order valence-corrected chi connectivity index (χ2v) is 6.19.